The molecule has 1 unspecified atom stereocenters. The lowest BCUT2D eigenvalue weighted by Crippen LogP contribution is -2.36. The van der Waals surface area contributed by atoms with Gasteiger partial charge in [-0.2, -0.15) is 0 Å². The molecule has 1 fully saturated rings. The molecule has 0 amide bonds. The van der Waals surface area contributed by atoms with Gasteiger partial charge in [-0.05, 0) is 32.1 Å². The summed E-state index contributed by atoms with van der Waals surface area (Å²) < 4.78 is 5.54. The van der Waals surface area contributed by atoms with E-state index in [-0.39, 0.29) is 6.04 Å². The molecule has 4 heteroatoms. The van der Waals surface area contributed by atoms with Crippen LogP contribution in [0.3, 0.4) is 0 Å². The summed E-state index contributed by atoms with van der Waals surface area (Å²) in [4.78, 5) is 7.28. The first-order valence-electron chi connectivity index (χ1n) is 6.13. The Morgan fingerprint density at radius 2 is 2.44 bits per heavy atom. The van der Waals surface area contributed by atoms with E-state index >= 15 is 0 Å². The molecule has 1 aliphatic rings. The zero-order chi connectivity index (χ0) is 11.4. The average molecular weight is 223 g/mol. The zero-order valence-corrected chi connectivity index (χ0v) is 9.86. The quantitative estimate of drug-likeness (QED) is 0.768. The highest BCUT2D eigenvalue weighted by Crippen LogP contribution is 2.33. The molecule has 1 heterocycles. The van der Waals surface area contributed by atoms with E-state index in [1.807, 2.05) is 6.20 Å². The summed E-state index contributed by atoms with van der Waals surface area (Å²) >= 11 is 0. The van der Waals surface area contributed by atoms with Crippen molar-refractivity contribution in [1.29, 1.82) is 0 Å². The third kappa shape index (κ3) is 3.06. The Kier molecular flexibility index (Phi) is 3.96. The summed E-state index contributed by atoms with van der Waals surface area (Å²) in [6.45, 7) is 2.88. The van der Waals surface area contributed by atoms with Crippen molar-refractivity contribution in [1.82, 2.24) is 9.97 Å². The number of hydrogen-bond donors (Lipinski definition) is 2. The predicted molar refractivity (Wildman–Crippen MR) is 63.0 cm³/mol. The fourth-order valence-corrected chi connectivity index (χ4v) is 2.41. The van der Waals surface area contributed by atoms with E-state index < -0.39 is 0 Å². The summed E-state index contributed by atoms with van der Waals surface area (Å²) in [6.07, 6.45) is 8.41. The molecule has 2 rings (SSSR count). The zero-order valence-electron chi connectivity index (χ0n) is 9.86. The highest BCUT2D eigenvalue weighted by Gasteiger charge is 2.30. The Labute approximate surface area is 96.6 Å². The molecule has 0 aliphatic heterocycles. The van der Waals surface area contributed by atoms with Gasteiger partial charge in [-0.1, -0.05) is 0 Å². The van der Waals surface area contributed by atoms with Crippen molar-refractivity contribution in [3.63, 3.8) is 0 Å². The van der Waals surface area contributed by atoms with E-state index in [0.29, 0.717) is 6.10 Å². The van der Waals surface area contributed by atoms with Crippen LogP contribution in [-0.4, -0.2) is 28.7 Å². The molecule has 0 radical (unpaired) electrons. The number of H-pyrrole nitrogens is 1. The van der Waals surface area contributed by atoms with Gasteiger partial charge in [-0.15, -0.1) is 0 Å². The van der Waals surface area contributed by atoms with Crippen molar-refractivity contribution in [2.75, 3.05) is 6.61 Å². The number of aromatic nitrogens is 2. The van der Waals surface area contributed by atoms with Gasteiger partial charge >= 0.3 is 0 Å². The van der Waals surface area contributed by atoms with Crippen LogP contribution in [0.5, 0.6) is 0 Å². The van der Waals surface area contributed by atoms with E-state index in [1.165, 1.54) is 12.8 Å². The van der Waals surface area contributed by atoms with Gasteiger partial charge in [0.15, 0.2) is 0 Å². The highest BCUT2D eigenvalue weighted by atomic mass is 16.5. The maximum atomic E-state index is 6.09. The first kappa shape index (κ1) is 11.6. The van der Waals surface area contributed by atoms with Crippen LogP contribution in [0, 0.1) is 5.92 Å². The number of nitrogens with one attached hydrogen (secondary N) is 1. The molecule has 16 heavy (non-hydrogen) atoms. The number of aromatic amines is 1. The fourth-order valence-electron chi connectivity index (χ4n) is 2.41. The van der Waals surface area contributed by atoms with Gasteiger partial charge in [0.1, 0.15) is 5.82 Å². The normalized spacial score (nSPS) is 26.4. The second kappa shape index (κ2) is 5.46. The number of imidazole rings is 1. The second-order valence-electron chi connectivity index (χ2n) is 4.65. The topological polar surface area (TPSA) is 63.9 Å². The van der Waals surface area contributed by atoms with Gasteiger partial charge in [0, 0.05) is 31.5 Å². The molecule has 1 atom stereocenters. The van der Waals surface area contributed by atoms with Gasteiger partial charge in [0.2, 0.25) is 0 Å². The van der Waals surface area contributed by atoms with E-state index in [1.54, 1.807) is 6.20 Å². The summed E-state index contributed by atoms with van der Waals surface area (Å²) in [5.74, 6) is 1.75. The number of nitrogens with two attached hydrogens (primary N) is 1. The third-order valence-electron chi connectivity index (χ3n) is 3.24. The van der Waals surface area contributed by atoms with Crippen molar-refractivity contribution in [3.8, 4) is 0 Å². The Morgan fingerprint density at radius 1 is 1.62 bits per heavy atom. The average Bonchev–Trinajstić information content (AvgIpc) is 2.67. The molecule has 0 bridgehead atoms. The third-order valence-corrected chi connectivity index (χ3v) is 3.24. The van der Waals surface area contributed by atoms with Gasteiger partial charge in [-0.3, -0.25) is 0 Å². The van der Waals surface area contributed by atoms with Crippen molar-refractivity contribution in [3.05, 3.63) is 18.2 Å². The number of ether oxygens (including phenoxy) is 1. The molecular weight excluding hydrogens is 202 g/mol. The maximum Gasteiger partial charge on any atom is 0.107 e. The molecule has 1 aromatic rings. The molecule has 4 nitrogen and oxygen atoms in total. The Hall–Kier alpha value is -0.870. The summed E-state index contributed by atoms with van der Waals surface area (Å²) in [6, 6.07) is 0.221. The lowest BCUT2D eigenvalue weighted by Gasteiger charge is -2.36. The van der Waals surface area contributed by atoms with E-state index in [0.717, 1.165) is 31.2 Å². The number of hydrogen-bond acceptors (Lipinski definition) is 3. The standard InChI is InChI=1S/C12H21N3O/c1-2-16-11-6-9(7-11)5-10(13)8-12-14-3-4-15-12/h3-4,9-11H,2,5-8,13H2,1H3,(H,14,15). The highest BCUT2D eigenvalue weighted by molar-refractivity contribution is 4.92. The minimum absolute atomic E-state index is 0.221. The van der Waals surface area contributed by atoms with Crippen molar-refractivity contribution in [2.24, 2.45) is 11.7 Å². The van der Waals surface area contributed by atoms with Crippen LogP contribution in [0.4, 0.5) is 0 Å². The minimum atomic E-state index is 0.221. The smallest absolute Gasteiger partial charge is 0.107 e. The summed E-state index contributed by atoms with van der Waals surface area (Å²) in [5.41, 5.74) is 6.09. The lowest BCUT2D eigenvalue weighted by molar-refractivity contribution is -0.0281. The minimum Gasteiger partial charge on any atom is -0.378 e. The fraction of sp³-hybridized carbons (Fsp3) is 0.750. The van der Waals surface area contributed by atoms with Crippen LogP contribution < -0.4 is 5.73 Å². The van der Waals surface area contributed by atoms with Crippen LogP contribution in [0.2, 0.25) is 0 Å². The Bertz CT molecular complexity index is 293. The van der Waals surface area contributed by atoms with E-state index in [2.05, 4.69) is 16.9 Å². The molecule has 0 spiro atoms. The van der Waals surface area contributed by atoms with Crippen molar-refractivity contribution < 1.29 is 4.74 Å². The SMILES string of the molecule is CCOC1CC(CC(N)Cc2ncc[nH]2)C1. The molecular formula is C12H21N3O. The van der Waals surface area contributed by atoms with Crippen LogP contribution in [0.25, 0.3) is 0 Å². The van der Waals surface area contributed by atoms with Crippen LogP contribution in [0.1, 0.15) is 32.0 Å². The molecule has 1 saturated carbocycles. The van der Waals surface area contributed by atoms with Crippen molar-refractivity contribution in [2.45, 2.75) is 44.8 Å². The summed E-state index contributed by atoms with van der Waals surface area (Å²) in [7, 11) is 0. The predicted octanol–water partition coefficient (Wildman–Crippen LogP) is 1.48. The van der Waals surface area contributed by atoms with Gasteiger partial charge in [-0.25, -0.2) is 4.98 Å². The molecule has 1 aliphatic carbocycles. The molecule has 0 aromatic carbocycles. The van der Waals surface area contributed by atoms with Gasteiger partial charge in [0.25, 0.3) is 0 Å². The van der Waals surface area contributed by atoms with Crippen LogP contribution in [-0.2, 0) is 11.2 Å². The van der Waals surface area contributed by atoms with Crippen LogP contribution in [0.15, 0.2) is 12.4 Å². The maximum absolute atomic E-state index is 6.09. The lowest BCUT2D eigenvalue weighted by atomic mass is 9.78. The molecule has 0 saturated heterocycles. The largest absolute Gasteiger partial charge is 0.378 e. The number of rotatable bonds is 6. The van der Waals surface area contributed by atoms with Crippen LogP contribution >= 0.6 is 0 Å². The van der Waals surface area contributed by atoms with Gasteiger partial charge < -0.3 is 15.5 Å². The Morgan fingerprint density at radius 3 is 3.06 bits per heavy atom. The molecule has 90 valence electrons. The second-order valence-corrected chi connectivity index (χ2v) is 4.65. The number of nitrogens with zero attached hydrogens (tertiary/aromatic N) is 1. The molecule has 3 N–H and O–H groups in total. The molecule has 1 aromatic heterocycles. The monoisotopic (exact) mass is 223 g/mol. The van der Waals surface area contributed by atoms with Crippen molar-refractivity contribution >= 4 is 0 Å². The first-order valence-corrected chi connectivity index (χ1v) is 6.13. The van der Waals surface area contributed by atoms with Gasteiger partial charge in [0.05, 0.1) is 6.10 Å². The first-order chi connectivity index (χ1) is 7.78. The summed E-state index contributed by atoms with van der Waals surface area (Å²) in [5, 5.41) is 0. The van der Waals surface area contributed by atoms with E-state index in [9.17, 15) is 0 Å². The van der Waals surface area contributed by atoms with E-state index in [4.69, 9.17) is 10.5 Å². The Balaban J connectivity index is 1.64.